The molecule has 1 aromatic carbocycles. The molecule has 0 radical (unpaired) electrons. The zero-order chi connectivity index (χ0) is 16.6. The molecule has 1 fully saturated rings. The largest absolute Gasteiger partial charge is 0.324 e. The van der Waals surface area contributed by atoms with E-state index in [2.05, 4.69) is 5.32 Å². The average Bonchev–Trinajstić information content (AvgIpc) is 2.77. The van der Waals surface area contributed by atoms with Crippen molar-refractivity contribution < 1.29 is 14.4 Å². The summed E-state index contributed by atoms with van der Waals surface area (Å²) in [4.78, 5) is 38.1. The zero-order valence-corrected chi connectivity index (χ0v) is 13.3. The molecule has 3 rings (SSSR count). The molecule has 1 aromatic rings. The van der Waals surface area contributed by atoms with Crippen LogP contribution in [-0.2, 0) is 14.4 Å². The number of nitrogens with zero attached hydrogens (tertiary/aromatic N) is 1. The topological polar surface area (TPSA) is 66.5 Å². The summed E-state index contributed by atoms with van der Waals surface area (Å²) >= 11 is 0. The number of amides is 3. The Kier molecular flexibility index (Phi) is 4.03. The van der Waals surface area contributed by atoms with Crippen molar-refractivity contribution in [2.24, 2.45) is 11.8 Å². The summed E-state index contributed by atoms with van der Waals surface area (Å²) in [5.41, 5.74) is 2.78. The van der Waals surface area contributed by atoms with E-state index in [9.17, 15) is 14.4 Å². The van der Waals surface area contributed by atoms with Crippen molar-refractivity contribution in [3.63, 3.8) is 0 Å². The molecule has 5 nitrogen and oxygen atoms in total. The number of fused-ring (bicyclic) bond motifs is 1. The van der Waals surface area contributed by atoms with Crippen LogP contribution < -0.4 is 5.32 Å². The van der Waals surface area contributed by atoms with E-state index in [0.29, 0.717) is 18.5 Å². The average molecular weight is 312 g/mol. The van der Waals surface area contributed by atoms with Crippen molar-refractivity contribution in [3.05, 3.63) is 41.5 Å². The van der Waals surface area contributed by atoms with Crippen LogP contribution in [-0.4, -0.2) is 29.2 Å². The van der Waals surface area contributed by atoms with Crippen LogP contribution in [0.15, 0.2) is 30.4 Å². The highest BCUT2D eigenvalue weighted by Crippen LogP contribution is 2.34. The quantitative estimate of drug-likeness (QED) is 0.687. The van der Waals surface area contributed by atoms with Gasteiger partial charge in [0.05, 0.1) is 11.8 Å². The first-order valence-electron chi connectivity index (χ1n) is 7.85. The summed E-state index contributed by atoms with van der Waals surface area (Å²) in [6.07, 6.45) is 5.05. The number of hydrogen-bond acceptors (Lipinski definition) is 3. The second-order valence-corrected chi connectivity index (χ2v) is 6.21. The molecule has 0 unspecified atom stereocenters. The number of imide groups is 1. The third kappa shape index (κ3) is 2.79. The molecule has 1 heterocycles. The summed E-state index contributed by atoms with van der Waals surface area (Å²) in [5, 5.41) is 2.80. The van der Waals surface area contributed by atoms with Crippen LogP contribution >= 0.6 is 0 Å². The van der Waals surface area contributed by atoms with Gasteiger partial charge in [-0.1, -0.05) is 24.3 Å². The van der Waals surface area contributed by atoms with Gasteiger partial charge >= 0.3 is 0 Å². The van der Waals surface area contributed by atoms with Crippen molar-refractivity contribution in [2.75, 3.05) is 11.9 Å². The van der Waals surface area contributed by atoms with E-state index >= 15 is 0 Å². The fourth-order valence-corrected chi connectivity index (χ4v) is 3.24. The van der Waals surface area contributed by atoms with E-state index in [4.69, 9.17) is 0 Å². The van der Waals surface area contributed by atoms with Gasteiger partial charge in [0.15, 0.2) is 0 Å². The van der Waals surface area contributed by atoms with Gasteiger partial charge in [-0.2, -0.15) is 0 Å². The zero-order valence-electron chi connectivity index (χ0n) is 13.3. The predicted molar refractivity (Wildman–Crippen MR) is 86.6 cm³/mol. The molecule has 1 saturated heterocycles. The summed E-state index contributed by atoms with van der Waals surface area (Å²) in [6, 6.07) is 5.65. The molecule has 1 N–H and O–H groups in total. The molecular formula is C18H20N2O3. The number of benzene rings is 1. The molecule has 2 aliphatic rings. The van der Waals surface area contributed by atoms with Crippen molar-refractivity contribution in [3.8, 4) is 0 Å². The van der Waals surface area contributed by atoms with Crippen molar-refractivity contribution in [1.29, 1.82) is 0 Å². The van der Waals surface area contributed by atoms with Gasteiger partial charge in [-0.05, 0) is 43.9 Å². The van der Waals surface area contributed by atoms with Crippen molar-refractivity contribution in [1.82, 2.24) is 4.90 Å². The Morgan fingerprint density at radius 2 is 1.74 bits per heavy atom. The third-order valence-corrected chi connectivity index (χ3v) is 4.78. The first-order chi connectivity index (χ1) is 11.0. The van der Waals surface area contributed by atoms with Gasteiger partial charge in [-0.15, -0.1) is 0 Å². The number of hydrogen-bond donors (Lipinski definition) is 1. The van der Waals surface area contributed by atoms with E-state index < -0.39 is 0 Å². The van der Waals surface area contributed by atoms with Gasteiger partial charge < -0.3 is 5.32 Å². The standard InChI is InChI=1S/C18H20N2O3/c1-11-6-5-9-15(12(11)2)19-16(21)10-20-17(22)13-7-3-4-8-14(13)18(20)23/h3-6,9,13-14H,7-8,10H2,1-2H3,(H,19,21)/t13-,14+. The molecule has 0 bridgehead atoms. The maximum Gasteiger partial charge on any atom is 0.244 e. The Hall–Kier alpha value is -2.43. The molecule has 23 heavy (non-hydrogen) atoms. The van der Waals surface area contributed by atoms with Gasteiger partial charge in [-0.25, -0.2) is 0 Å². The highest BCUT2D eigenvalue weighted by molar-refractivity contribution is 6.08. The molecular weight excluding hydrogens is 292 g/mol. The van der Waals surface area contributed by atoms with Crippen LogP contribution in [0.25, 0.3) is 0 Å². The number of anilines is 1. The molecule has 2 atom stereocenters. The first kappa shape index (κ1) is 15.5. The minimum Gasteiger partial charge on any atom is -0.324 e. The Morgan fingerprint density at radius 3 is 2.35 bits per heavy atom. The van der Waals surface area contributed by atoms with Crippen molar-refractivity contribution >= 4 is 23.4 Å². The first-order valence-corrected chi connectivity index (χ1v) is 7.85. The fraction of sp³-hybridized carbons (Fsp3) is 0.389. The Bertz CT molecular complexity index is 682. The van der Waals surface area contributed by atoms with E-state index in [0.717, 1.165) is 16.0 Å². The van der Waals surface area contributed by atoms with E-state index in [1.165, 1.54) is 0 Å². The Morgan fingerprint density at radius 1 is 1.13 bits per heavy atom. The van der Waals surface area contributed by atoms with Gasteiger partial charge in [0, 0.05) is 5.69 Å². The number of nitrogens with one attached hydrogen (secondary N) is 1. The summed E-state index contributed by atoms with van der Waals surface area (Å²) in [5.74, 6) is -1.37. The number of carbonyl (C=O) groups is 3. The van der Waals surface area contributed by atoms with E-state index in [1.807, 2.05) is 44.2 Å². The minimum atomic E-state index is -0.341. The number of allylic oxidation sites excluding steroid dienone is 2. The minimum absolute atomic E-state index is 0.210. The Balaban J connectivity index is 1.70. The van der Waals surface area contributed by atoms with Crippen molar-refractivity contribution in [2.45, 2.75) is 26.7 Å². The third-order valence-electron chi connectivity index (χ3n) is 4.78. The second-order valence-electron chi connectivity index (χ2n) is 6.21. The molecule has 3 amide bonds. The highest BCUT2D eigenvalue weighted by Gasteiger charge is 2.47. The summed E-state index contributed by atoms with van der Waals surface area (Å²) < 4.78 is 0. The van der Waals surface area contributed by atoms with Gasteiger partial charge in [0.1, 0.15) is 6.54 Å². The van der Waals surface area contributed by atoms with Crippen LogP contribution in [0.3, 0.4) is 0 Å². The van der Waals surface area contributed by atoms with Crippen LogP contribution in [0, 0.1) is 25.7 Å². The predicted octanol–water partition coefficient (Wildman–Crippen LogP) is 2.19. The maximum atomic E-state index is 12.4. The smallest absolute Gasteiger partial charge is 0.244 e. The lowest BCUT2D eigenvalue weighted by atomic mass is 9.85. The lowest BCUT2D eigenvalue weighted by Crippen LogP contribution is -2.38. The fourth-order valence-electron chi connectivity index (χ4n) is 3.24. The normalized spacial score (nSPS) is 23.1. The van der Waals surface area contributed by atoms with E-state index in [-0.39, 0.29) is 36.1 Å². The lowest BCUT2D eigenvalue weighted by Gasteiger charge is -2.15. The number of rotatable bonds is 3. The van der Waals surface area contributed by atoms with Crippen LogP contribution in [0.4, 0.5) is 5.69 Å². The lowest BCUT2D eigenvalue weighted by molar-refractivity contribution is -0.142. The molecule has 0 aromatic heterocycles. The van der Waals surface area contributed by atoms with Crippen LogP contribution in [0.5, 0.6) is 0 Å². The van der Waals surface area contributed by atoms with Gasteiger partial charge in [0.25, 0.3) is 0 Å². The molecule has 5 heteroatoms. The molecule has 1 aliphatic heterocycles. The summed E-state index contributed by atoms with van der Waals surface area (Å²) in [6.45, 7) is 3.69. The second kappa shape index (κ2) is 5.99. The monoisotopic (exact) mass is 312 g/mol. The van der Waals surface area contributed by atoms with Gasteiger partial charge in [0.2, 0.25) is 17.7 Å². The maximum absolute atomic E-state index is 12.4. The molecule has 120 valence electrons. The van der Waals surface area contributed by atoms with Crippen LogP contribution in [0.2, 0.25) is 0 Å². The van der Waals surface area contributed by atoms with Gasteiger partial charge in [-0.3, -0.25) is 19.3 Å². The Labute approximate surface area is 135 Å². The van der Waals surface area contributed by atoms with Crippen LogP contribution in [0.1, 0.15) is 24.0 Å². The summed E-state index contributed by atoms with van der Waals surface area (Å²) in [7, 11) is 0. The molecule has 1 aliphatic carbocycles. The van der Waals surface area contributed by atoms with E-state index in [1.54, 1.807) is 0 Å². The highest BCUT2D eigenvalue weighted by atomic mass is 16.2. The number of carbonyl (C=O) groups excluding carboxylic acids is 3. The molecule has 0 saturated carbocycles. The molecule has 0 spiro atoms. The number of aryl methyl sites for hydroxylation is 1. The number of likely N-dealkylation sites (tertiary alicyclic amines) is 1. The SMILES string of the molecule is Cc1cccc(NC(=O)CN2C(=O)[C@H]3CC=CC[C@H]3C2=O)c1C.